The van der Waals surface area contributed by atoms with E-state index >= 15 is 0 Å². The smallest absolute Gasteiger partial charge is 0.350 e. The second-order valence-corrected chi connectivity index (χ2v) is 6.80. The Bertz CT molecular complexity index is 1110. The number of nitro benzene ring substituents is 1. The van der Waals surface area contributed by atoms with E-state index in [9.17, 15) is 36.5 Å². The fourth-order valence-electron chi connectivity index (χ4n) is 2.86. The van der Waals surface area contributed by atoms with Crippen molar-refractivity contribution in [3.05, 3.63) is 81.0 Å². The van der Waals surface area contributed by atoms with E-state index in [0.29, 0.717) is 29.0 Å². The van der Waals surface area contributed by atoms with Crippen LogP contribution < -0.4 is 5.32 Å². The topological polar surface area (TPSA) is 81.0 Å². The highest BCUT2D eigenvalue weighted by molar-refractivity contribution is 5.65. The number of aromatic nitrogens is 2. The number of nitro groups is 1. The van der Waals surface area contributed by atoms with Crippen LogP contribution >= 0.6 is 0 Å². The fourth-order valence-corrected chi connectivity index (χ4v) is 2.86. The maximum atomic E-state index is 13.0. The number of hydrogen-bond acceptors (Lipinski definition) is 5. The second-order valence-electron chi connectivity index (χ2n) is 6.80. The summed E-state index contributed by atoms with van der Waals surface area (Å²) in [4.78, 5) is 18.5. The molecule has 0 spiro atoms. The van der Waals surface area contributed by atoms with Gasteiger partial charge in [-0.3, -0.25) is 10.1 Å². The molecule has 1 aromatic heterocycles. The molecule has 2 aromatic carbocycles. The van der Waals surface area contributed by atoms with Crippen molar-refractivity contribution >= 4 is 11.6 Å². The zero-order chi connectivity index (χ0) is 23.7. The molecule has 0 saturated heterocycles. The van der Waals surface area contributed by atoms with E-state index in [1.807, 2.05) is 0 Å². The van der Waals surface area contributed by atoms with Crippen molar-refractivity contribution in [1.82, 2.24) is 9.97 Å². The summed E-state index contributed by atoms with van der Waals surface area (Å²) in [7, 11) is 0. The molecule has 1 heterocycles. The monoisotopic (exact) mass is 456 g/mol. The van der Waals surface area contributed by atoms with Crippen LogP contribution in [0.2, 0.25) is 0 Å². The number of benzene rings is 2. The Morgan fingerprint density at radius 1 is 0.969 bits per heavy atom. The summed E-state index contributed by atoms with van der Waals surface area (Å²) in [5.74, 6) is -0.0325. The lowest BCUT2D eigenvalue weighted by Crippen LogP contribution is -2.13. The molecule has 0 aliphatic rings. The van der Waals surface area contributed by atoms with Crippen LogP contribution in [-0.2, 0) is 18.9 Å². The van der Waals surface area contributed by atoms with Gasteiger partial charge in [-0.25, -0.2) is 9.97 Å². The Labute approximate surface area is 177 Å². The first-order valence-corrected chi connectivity index (χ1v) is 8.95. The highest BCUT2D eigenvalue weighted by atomic mass is 19.4. The van der Waals surface area contributed by atoms with Gasteiger partial charge in [-0.2, -0.15) is 26.3 Å². The van der Waals surface area contributed by atoms with Crippen molar-refractivity contribution in [2.24, 2.45) is 0 Å². The number of alkyl halides is 6. The number of anilines is 1. The Morgan fingerprint density at radius 3 is 2.03 bits per heavy atom. The van der Waals surface area contributed by atoms with Crippen LogP contribution in [0.5, 0.6) is 0 Å². The maximum absolute atomic E-state index is 13.0. The first-order valence-electron chi connectivity index (χ1n) is 8.95. The first kappa shape index (κ1) is 23.0. The van der Waals surface area contributed by atoms with E-state index < -0.39 is 34.9 Å². The third-order valence-electron chi connectivity index (χ3n) is 4.42. The number of aryl methyl sites for hydroxylation is 1. The van der Waals surface area contributed by atoms with Crippen LogP contribution in [0.4, 0.5) is 38.0 Å². The van der Waals surface area contributed by atoms with Crippen molar-refractivity contribution in [1.29, 1.82) is 0 Å². The Hall–Kier alpha value is -3.70. The molecule has 32 heavy (non-hydrogen) atoms. The molecule has 168 valence electrons. The van der Waals surface area contributed by atoms with Crippen LogP contribution in [0.15, 0.2) is 48.7 Å². The van der Waals surface area contributed by atoms with Gasteiger partial charge < -0.3 is 5.32 Å². The van der Waals surface area contributed by atoms with E-state index in [1.54, 1.807) is 6.92 Å². The zero-order valence-corrected chi connectivity index (χ0v) is 16.3. The second kappa shape index (κ2) is 8.44. The summed E-state index contributed by atoms with van der Waals surface area (Å²) in [5, 5.41) is 13.4. The lowest BCUT2D eigenvalue weighted by Gasteiger charge is -2.15. The van der Waals surface area contributed by atoms with Gasteiger partial charge in [0.05, 0.1) is 21.7 Å². The molecule has 3 rings (SSSR count). The van der Waals surface area contributed by atoms with E-state index in [4.69, 9.17) is 0 Å². The van der Waals surface area contributed by atoms with Crippen LogP contribution in [0.1, 0.15) is 22.3 Å². The number of halogens is 6. The standard InChI is InChI=1S/C20H14F6N4O2/c1-11-9-27-18(29-17(11)13-2-4-16(5-3-13)30(31)32)28-10-12-6-14(19(21,22)23)8-15(7-12)20(24,25)26/h2-9H,10H2,1H3,(H,27,28,29). The Balaban J connectivity index is 1.87. The minimum Gasteiger partial charge on any atom is -0.350 e. The van der Waals surface area contributed by atoms with E-state index in [-0.39, 0.29) is 23.3 Å². The molecule has 0 atom stereocenters. The van der Waals surface area contributed by atoms with Gasteiger partial charge in [-0.05, 0) is 48.4 Å². The molecule has 0 saturated carbocycles. The molecule has 0 aliphatic heterocycles. The summed E-state index contributed by atoms with van der Waals surface area (Å²) >= 11 is 0. The quantitative estimate of drug-likeness (QED) is 0.289. The summed E-state index contributed by atoms with van der Waals surface area (Å²) in [6.07, 6.45) is -8.47. The molecule has 6 nitrogen and oxygen atoms in total. The van der Waals surface area contributed by atoms with Crippen LogP contribution in [0.3, 0.4) is 0 Å². The molecule has 0 radical (unpaired) electrons. The Kier molecular flexibility index (Phi) is 6.06. The van der Waals surface area contributed by atoms with Gasteiger partial charge in [0.25, 0.3) is 5.69 Å². The molecule has 0 aliphatic carbocycles. The summed E-state index contributed by atoms with van der Waals surface area (Å²) in [6, 6.07) is 6.80. The van der Waals surface area contributed by atoms with Crippen molar-refractivity contribution in [3.63, 3.8) is 0 Å². The number of non-ortho nitro benzene ring substituents is 1. The van der Waals surface area contributed by atoms with Crippen molar-refractivity contribution in [2.45, 2.75) is 25.8 Å². The third kappa shape index (κ3) is 5.31. The van der Waals surface area contributed by atoms with Gasteiger partial charge in [0.2, 0.25) is 5.95 Å². The van der Waals surface area contributed by atoms with Gasteiger partial charge in [0.1, 0.15) is 0 Å². The Morgan fingerprint density at radius 2 is 1.53 bits per heavy atom. The molecule has 0 amide bonds. The van der Waals surface area contributed by atoms with Crippen molar-refractivity contribution in [2.75, 3.05) is 5.32 Å². The maximum Gasteiger partial charge on any atom is 0.416 e. The van der Waals surface area contributed by atoms with Gasteiger partial charge >= 0.3 is 12.4 Å². The summed E-state index contributed by atoms with van der Waals surface area (Å²) in [5.41, 5.74) is -1.67. The van der Waals surface area contributed by atoms with Crippen molar-refractivity contribution in [3.8, 4) is 11.3 Å². The molecule has 0 unspecified atom stereocenters. The fraction of sp³-hybridized carbons (Fsp3) is 0.200. The average molecular weight is 456 g/mol. The average Bonchev–Trinajstić information content (AvgIpc) is 2.72. The molecule has 0 fully saturated rings. The van der Waals surface area contributed by atoms with E-state index in [0.717, 1.165) is 0 Å². The number of hydrogen-bond donors (Lipinski definition) is 1. The summed E-state index contributed by atoms with van der Waals surface area (Å²) < 4.78 is 78.0. The van der Waals surface area contributed by atoms with Crippen LogP contribution in [-0.4, -0.2) is 14.9 Å². The first-order chi connectivity index (χ1) is 14.8. The number of nitrogens with zero attached hydrogens (tertiary/aromatic N) is 3. The minimum atomic E-state index is -4.94. The molecule has 1 N–H and O–H groups in total. The SMILES string of the molecule is Cc1cnc(NCc2cc(C(F)(F)F)cc(C(F)(F)F)c2)nc1-c1ccc([N+](=O)[O-])cc1. The normalized spacial score (nSPS) is 12.0. The highest BCUT2D eigenvalue weighted by Crippen LogP contribution is 2.36. The number of nitrogens with one attached hydrogen (secondary N) is 1. The predicted molar refractivity (Wildman–Crippen MR) is 103 cm³/mol. The molecule has 0 bridgehead atoms. The van der Waals surface area contributed by atoms with Gasteiger partial charge in [-0.1, -0.05) is 0 Å². The zero-order valence-electron chi connectivity index (χ0n) is 16.3. The van der Waals surface area contributed by atoms with Crippen LogP contribution in [0.25, 0.3) is 11.3 Å². The van der Waals surface area contributed by atoms with Crippen molar-refractivity contribution < 1.29 is 31.3 Å². The van der Waals surface area contributed by atoms with Gasteiger partial charge in [0, 0.05) is 30.4 Å². The summed E-state index contributed by atoms with van der Waals surface area (Å²) in [6.45, 7) is 1.29. The number of rotatable bonds is 5. The van der Waals surface area contributed by atoms with Crippen LogP contribution in [0, 0.1) is 17.0 Å². The largest absolute Gasteiger partial charge is 0.416 e. The predicted octanol–water partition coefficient (Wildman–Crippen LogP) is 6.01. The van der Waals surface area contributed by atoms with E-state index in [1.165, 1.54) is 30.5 Å². The molecular weight excluding hydrogens is 442 g/mol. The van der Waals surface area contributed by atoms with Gasteiger partial charge in [-0.15, -0.1) is 0 Å². The minimum absolute atomic E-state index is 0.0325. The molecule has 12 heteroatoms. The van der Waals surface area contributed by atoms with Gasteiger partial charge in [0.15, 0.2) is 0 Å². The lowest BCUT2D eigenvalue weighted by molar-refractivity contribution is -0.384. The highest BCUT2D eigenvalue weighted by Gasteiger charge is 2.36. The molecule has 3 aromatic rings. The molecular formula is C20H14F6N4O2. The lowest BCUT2D eigenvalue weighted by atomic mass is 10.0. The third-order valence-corrected chi connectivity index (χ3v) is 4.42. The van der Waals surface area contributed by atoms with E-state index in [2.05, 4.69) is 15.3 Å².